The zero-order valence-corrected chi connectivity index (χ0v) is 14.6. The number of benzene rings is 1. The molecule has 0 amide bonds. The average molecular weight is 328 g/mol. The molecule has 0 aliphatic heterocycles. The maximum absolute atomic E-state index is 9.37. The predicted octanol–water partition coefficient (Wildman–Crippen LogP) is 4.56. The molecule has 0 aliphatic carbocycles. The van der Waals surface area contributed by atoms with Gasteiger partial charge in [-0.05, 0) is 36.6 Å². The molecule has 120 valence electrons. The topological polar surface area (TPSA) is 55.1 Å². The summed E-state index contributed by atoms with van der Waals surface area (Å²) in [5.74, 6) is 1.81. The molecule has 1 aromatic heterocycles. The van der Waals surface area contributed by atoms with E-state index < -0.39 is 0 Å². The summed E-state index contributed by atoms with van der Waals surface area (Å²) in [6.07, 6.45) is 1.81. The third-order valence-electron chi connectivity index (χ3n) is 3.04. The van der Waals surface area contributed by atoms with Crippen LogP contribution in [0.5, 0.6) is 11.5 Å². The van der Waals surface area contributed by atoms with E-state index in [4.69, 9.17) is 9.47 Å². The van der Waals surface area contributed by atoms with E-state index >= 15 is 0 Å². The van der Waals surface area contributed by atoms with Crippen molar-refractivity contribution in [2.75, 3.05) is 13.7 Å². The third kappa shape index (κ3) is 4.57. The standard InChI is InChI=1S/C18H20N2O2S/c1-12(2)10-22-16-6-5-14(8-17(16)21-4)7-15(9-19)18-20-13(3)11-23-18/h5-8,11-12H,10H2,1-4H3/b15-7+. The van der Waals surface area contributed by atoms with Crippen LogP contribution in [0.4, 0.5) is 0 Å². The molecular formula is C18H20N2O2S. The first kappa shape index (κ1) is 17.0. The molecular weight excluding hydrogens is 308 g/mol. The summed E-state index contributed by atoms with van der Waals surface area (Å²) in [6, 6.07) is 7.86. The number of hydrogen-bond acceptors (Lipinski definition) is 5. The molecule has 0 atom stereocenters. The summed E-state index contributed by atoms with van der Waals surface area (Å²) in [4.78, 5) is 4.36. The molecule has 0 aliphatic rings. The lowest BCUT2D eigenvalue weighted by molar-refractivity contribution is 0.257. The van der Waals surface area contributed by atoms with Gasteiger partial charge in [0.2, 0.25) is 0 Å². The number of thiazole rings is 1. The minimum atomic E-state index is 0.442. The quantitative estimate of drug-likeness (QED) is 0.729. The van der Waals surface area contributed by atoms with Crippen LogP contribution in [-0.4, -0.2) is 18.7 Å². The van der Waals surface area contributed by atoms with Gasteiger partial charge in [0.25, 0.3) is 0 Å². The third-order valence-corrected chi connectivity index (χ3v) is 4.03. The van der Waals surface area contributed by atoms with E-state index in [2.05, 4.69) is 24.9 Å². The van der Waals surface area contributed by atoms with Gasteiger partial charge in [0.05, 0.1) is 19.3 Å². The number of ether oxygens (including phenoxy) is 2. The van der Waals surface area contributed by atoms with Gasteiger partial charge in [-0.15, -0.1) is 11.3 Å². The van der Waals surface area contributed by atoms with Crippen molar-refractivity contribution in [3.05, 3.63) is 39.8 Å². The largest absolute Gasteiger partial charge is 0.493 e. The van der Waals surface area contributed by atoms with Gasteiger partial charge in [0.1, 0.15) is 11.1 Å². The minimum absolute atomic E-state index is 0.442. The SMILES string of the molecule is COc1cc(/C=C(\C#N)c2nc(C)cs2)ccc1OCC(C)C. The number of aryl methyl sites for hydroxylation is 1. The van der Waals surface area contributed by atoms with Crippen LogP contribution in [0.15, 0.2) is 23.6 Å². The van der Waals surface area contributed by atoms with Crippen molar-refractivity contribution in [2.24, 2.45) is 5.92 Å². The summed E-state index contributed by atoms with van der Waals surface area (Å²) >= 11 is 1.47. The van der Waals surface area contributed by atoms with Gasteiger partial charge in [-0.2, -0.15) is 5.26 Å². The molecule has 1 aromatic carbocycles. The van der Waals surface area contributed by atoms with E-state index in [1.165, 1.54) is 11.3 Å². The molecule has 0 radical (unpaired) electrons. The number of hydrogen-bond donors (Lipinski definition) is 0. The average Bonchev–Trinajstić information content (AvgIpc) is 2.97. The maximum Gasteiger partial charge on any atom is 0.161 e. The van der Waals surface area contributed by atoms with Gasteiger partial charge >= 0.3 is 0 Å². The molecule has 0 saturated carbocycles. The number of rotatable bonds is 6. The first-order valence-corrected chi connectivity index (χ1v) is 8.26. The Kier molecular flexibility index (Phi) is 5.78. The molecule has 2 rings (SSSR count). The fourth-order valence-corrected chi connectivity index (χ4v) is 2.70. The Morgan fingerprint density at radius 2 is 2.17 bits per heavy atom. The van der Waals surface area contributed by atoms with Crippen LogP contribution in [0.3, 0.4) is 0 Å². The minimum Gasteiger partial charge on any atom is -0.493 e. The van der Waals surface area contributed by atoms with Gasteiger partial charge in [-0.25, -0.2) is 4.98 Å². The first-order chi connectivity index (χ1) is 11.0. The second-order valence-electron chi connectivity index (χ2n) is 5.58. The van der Waals surface area contributed by atoms with Gasteiger partial charge in [-0.1, -0.05) is 19.9 Å². The monoisotopic (exact) mass is 328 g/mol. The zero-order chi connectivity index (χ0) is 16.8. The Balaban J connectivity index is 2.29. The van der Waals surface area contributed by atoms with E-state index in [0.29, 0.717) is 29.6 Å². The lowest BCUT2D eigenvalue weighted by atomic mass is 10.1. The lowest BCUT2D eigenvalue weighted by Crippen LogP contribution is -2.05. The van der Waals surface area contributed by atoms with E-state index in [9.17, 15) is 5.26 Å². The molecule has 2 aromatic rings. The molecule has 0 spiro atoms. The van der Waals surface area contributed by atoms with Crippen LogP contribution in [0, 0.1) is 24.2 Å². The van der Waals surface area contributed by atoms with Gasteiger partial charge < -0.3 is 9.47 Å². The number of aromatic nitrogens is 1. The Labute approximate surface area is 141 Å². The molecule has 0 saturated heterocycles. The molecule has 5 heteroatoms. The lowest BCUT2D eigenvalue weighted by Gasteiger charge is -2.12. The summed E-state index contributed by atoms with van der Waals surface area (Å²) in [7, 11) is 1.61. The predicted molar refractivity (Wildman–Crippen MR) is 93.7 cm³/mol. The number of allylic oxidation sites excluding steroid dienone is 1. The number of nitriles is 1. The Hall–Kier alpha value is -2.32. The van der Waals surface area contributed by atoms with Gasteiger partial charge in [0, 0.05) is 11.1 Å². The summed E-state index contributed by atoms with van der Waals surface area (Å²) in [6.45, 7) is 6.74. The second-order valence-corrected chi connectivity index (χ2v) is 6.44. The van der Waals surface area contributed by atoms with E-state index in [1.54, 1.807) is 7.11 Å². The zero-order valence-electron chi connectivity index (χ0n) is 13.8. The molecule has 23 heavy (non-hydrogen) atoms. The number of nitrogens with zero attached hydrogens (tertiary/aromatic N) is 2. The van der Waals surface area contributed by atoms with Crippen LogP contribution in [0.1, 0.15) is 30.1 Å². The molecule has 0 unspecified atom stereocenters. The van der Waals surface area contributed by atoms with E-state index in [1.807, 2.05) is 36.6 Å². The van der Waals surface area contributed by atoms with Crippen molar-refractivity contribution in [1.82, 2.24) is 4.98 Å². The molecule has 4 nitrogen and oxygen atoms in total. The normalized spacial score (nSPS) is 11.4. The Morgan fingerprint density at radius 3 is 2.74 bits per heavy atom. The molecule has 1 heterocycles. The second kappa shape index (κ2) is 7.80. The highest BCUT2D eigenvalue weighted by atomic mass is 32.1. The van der Waals surface area contributed by atoms with Crippen LogP contribution < -0.4 is 9.47 Å². The van der Waals surface area contributed by atoms with Crippen molar-refractivity contribution in [2.45, 2.75) is 20.8 Å². The Morgan fingerprint density at radius 1 is 1.39 bits per heavy atom. The van der Waals surface area contributed by atoms with Crippen molar-refractivity contribution in [3.8, 4) is 17.6 Å². The van der Waals surface area contributed by atoms with E-state index in [0.717, 1.165) is 16.3 Å². The highest BCUT2D eigenvalue weighted by molar-refractivity contribution is 7.11. The summed E-state index contributed by atoms with van der Waals surface area (Å²) in [5, 5.41) is 12.0. The highest BCUT2D eigenvalue weighted by Crippen LogP contribution is 2.30. The smallest absolute Gasteiger partial charge is 0.161 e. The highest BCUT2D eigenvalue weighted by Gasteiger charge is 2.09. The van der Waals surface area contributed by atoms with E-state index in [-0.39, 0.29) is 0 Å². The van der Waals surface area contributed by atoms with Crippen molar-refractivity contribution in [3.63, 3.8) is 0 Å². The summed E-state index contributed by atoms with van der Waals surface area (Å²) < 4.78 is 11.1. The maximum atomic E-state index is 9.37. The van der Waals surface area contributed by atoms with Crippen LogP contribution in [-0.2, 0) is 0 Å². The first-order valence-electron chi connectivity index (χ1n) is 7.38. The molecule has 0 bridgehead atoms. The Bertz CT molecular complexity index is 742. The number of methoxy groups -OCH3 is 1. The molecule has 0 N–H and O–H groups in total. The van der Waals surface area contributed by atoms with Crippen LogP contribution >= 0.6 is 11.3 Å². The van der Waals surface area contributed by atoms with Crippen molar-refractivity contribution < 1.29 is 9.47 Å². The van der Waals surface area contributed by atoms with Crippen LogP contribution in [0.25, 0.3) is 11.6 Å². The van der Waals surface area contributed by atoms with Crippen molar-refractivity contribution >= 4 is 23.0 Å². The summed E-state index contributed by atoms with van der Waals surface area (Å²) in [5.41, 5.74) is 2.34. The van der Waals surface area contributed by atoms with Gasteiger partial charge in [-0.3, -0.25) is 0 Å². The fourth-order valence-electron chi connectivity index (χ4n) is 1.94. The fraction of sp³-hybridized carbons (Fsp3) is 0.333. The molecule has 0 fully saturated rings. The van der Waals surface area contributed by atoms with Crippen molar-refractivity contribution in [1.29, 1.82) is 5.26 Å². The van der Waals surface area contributed by atoms with Gasteiger partial charge in [0.15, 0.2) is 11.5 Å². The van der Waals surface area contributed by atoms with Crippen LogP contribution in [0.2, 0.25) is 0 Å².